The van der Waals surface area contributed by atoms with E-state index in [1.807, 2.05) is 37.3 Å². The quantitative estimate of drug-likeness (QED) is 0.754. The Hall–Kier alpha value is -1.51. The molecule has 1 aliphatic rings. The molecule has 0 saturated carbocycles. The van der Waals surface area contributed by atoms with Gasteiger partial charge in [0, 0.05) is 13.2 Å². The minimum Gasteiger partial charge on any atom is -0.380 e. The van der Waals surface area contributed by atoms with Crippen LogP contribution in [0.5, 0.6) is 0 Å². The number of amides is 1. The number of rotatable bonds is 6. The zero-order valence-corrected chi connectivity index (χ0v) is 12.3. The summed E-state index contributed by atoms with van der Waals surface area (Å²) in [6.07, 6.45) is 0. The van der Waals surface area contributed by atoms with Crippen molar-refractivity contribution in [3.63, 3.8) is 0 Å². The molecule has 5 heteroatoms. The highest BCUT2D eigenvalue weighted by Gasteiger charge is 2.37. The van der Waals surface area contributed by atoms with Crippen LogP contribution in [0.3, 0.4) is 0 Å². The highest BCUT2D eigenvalue weighted by Crippen LogP contribution is 2.35. The fourth-order valence-corrected chi connectivity index (χ4v) is 3.56. The molecule has 0 bridgehead atoms. The van der Waals surface area contributed by atoms with Gasteiger partial charge in [-0.2, -0.15) is 5.26 Å². The average molecular weight is 290 g/mol. The van der Waals surface area contributed by atoms with Crippen molar-refractivity contribution in [3.05, 3.63) is 35.9 Å². The molecule has 0 N–H and O–H groups in total. The second-order valence-corrected chi connectivity index (χ2v) is 5.61. The fraction of sp³-hybridized carbons (Fsp3) is 0.467. The number of benzene rings is 1. The number of nitriles is 1. The van der Waals surface area contributed by atoms with Crippen molar-refractivity contribution in [2.45, 2.75) is 18.2 Å². The highest BCUT2D eigenvalue weighted by molar-refractivity contribution is 8.01. The van der Waals surface area contributed by atoms with E-state index >= 15 is 0 Å². The van der Waals surface area contributed by atoms with Gasteiger partial charge in [0.2, 0.25) is 5.91 Å². The standard InChI is InChI=1S/C15H18N2O2S/c1-2-19-9-8-17-14(18)11-20-15(17)13(10-16)12-6-4-3-5-7-12/h3-7,13,15H,2,8-9,11H2,1H3. The molecule has 1 amide bonds. The van der Waals surface area contributed by atoms with Crippen LogP contribution >= 0.6 is 11.8 Å². The SMILES string of the molecule is CCOCCN1C(=O)CSC1C(C#N)c1ccccc1. The summed E-state index contributed by atoms with van der Waals surface area (Å²) in [7, 11) is 0. The first-order valence-corrected chi connectivity index (χ1v) is 7.76. The van der Waals surface area contributed by atoms with Crippen molar-refractivity contribution in [2.24, 2.45) is 0 Å². The Morgan fingerprint density at radius 2 is 2.25 bits per heavy atom. The highest BCUT2D eigenvalue weighted by atomic mass is 32.2. The van der Waals surface area contributed by atoms with Crippen LogP contribution in [0.2, 0.25) is 0 Å². The van der Waals surface area contributed by atoms with Crippen molar-refractivity contribution in [1.29, 1.82) is 5.26 Å². The Kier molecular flexibility index (Phi) is 5.45. The first-order chi connectivity index (χ1) is 9.77. The van der Waals surface area contributed by atoms with Crippen molar-refractivity contribution in [1.82, 2.24) is 4.90 Å². The smallest absolute Gasteiger partial charge is 0.233 e. The maximum Gasteiger partial charge on any atom is 0.233 e. The number of thioether (sulfide) groups is 1. The van der Waals surface area contributed by atoms with Crippen molar-refractivity contribution in [3.8, 4) is 6.07 Å². The van der Waals surface area contributed by atoms with E-state index in [1.54, 1.807) is 16.7 Å². The molecule has 2 unspecified atom stereocenters. The summed E-state index contributed by atoms with van der Waals surface area (Å²) in [5.74, 6) is 0.243. The average Bonchev–Trinajstić information content (AvgIpc) is 2.83. The Bertz CT molecular complexity index is 486. The lowest BCUT2D eigenvalue weighted by molar-refractivity contribution is -0.128. The molecule has 1 aliphatic heterocycles. The normalized spacial score (nSPS) is 19.9. The monoisotopic (exact) mass is 290 g/mol. The molecule has 2 rings (SSSR count). The van der Waals surface area contributed by atoms with E-state index in [0.29, 0.717) is 25.5 Å². The summed E-state index contributed by atoms with van der Waals surface area (Å²) in [6.45, 7) is 3.64. The van der Waals surface area contributed by atoms with Crippen molar-refractivity contribution < 1.29 is 9.53 Å². The second-order valence-electron chi connectivity index (χ2n) is 4.50. The van der Waals surface area contributed by atoms with Gasteiger partial charge in [0.05, 0.1) is 23.8 Å². The van der Waals surface area contributed by atoms with Gasteiger partial charge in [-0.15, -0.1) is 11.8 Å². The number of carbonyl (C=O) groups is 1. The third-order valence-electron chi connectivity index (χ3n) is 3.27. The lowest BCUT2D eigenvalue weighted by Crippen LogP contribution is -2.38. The molecule has 1 aromatic carbocycles. The maximum atomic E-state index is 12.0. The molecule has 0 spiro atoms. The number of carbonyl (C=O) groups excluding carboxylic acids is 1. The Morgan fingerprint density at radius 1 is 1.50 bits per heavy atom. The molecule has 1 fully saturated rings. The second kappa shape index (κ2) is 7.32. The van der Waals surface area contributed by atoms with E-state index in [2.05, 4.69) is 6.07 Å². The van der Waals surface area contributed by atoms with E-state index in [4.69, 9.17) is 4.74 Å². The Labute approximate surface area is 123 Å². The lowest BCUT2D eigenvalue weighted by Gasteiger charge is -2.27. The summed E-state index contributed by atoms with van der Waals surface area (Å²) in [6, 6.07) is 12.0. The first-order valence-electron chi connectivity index (χ1n) is 6.71. The van der Waals surface area contributed by atoms with Crippen LogP contribution in [0.1, 0.15) is 18.4 Å². The van der Waals surface area contributed by atoms with Crippen LogP contribution in [-0.4, -0.2) is 41.7 Å². The topological polar surface area (TPSA) is 53.3 Å². The van der Waals surface area contributed by atoms with Crippen LogP contribution in [-0.2, 0) is 9.53 Å². The lowest BCUT2D eigenvalue weighted by atomic mass is 10.00. The summed E-state index contributed by atoms with van der Waals surface area (Å²) < 4.78 is 5.33. The van der Waals surface area contributed by atoms with Crippen LogP contribution in [0.15, 0.2) is 30.3 Å². The Balaban J connectivity index is 2.12. The summed E-state index contributed by atoms with van der Waals surface area (Å²) >= 11 is 1.54. The van der Waals surface area contributed by atoms with Gasteiger partial charge in [-0.1, -0.05) is 30.3 Å². The van der Waals surface area contributed by atoms with Gasteiger partial charge in [0.25, 0.3) is 0 Å². The third kappa shape index (κ3) is 3.33. The minimum atomic E-state index is -0.297. The predicted octanol–water partition coefficient (Wildman–Crippen LogP) is 2.23. The van der Waals surface area contributed by atoms with Gasteiger partial charge < -0.3 is 9.64 Å². The maximum absolute atomic E-state index is 12.0. The van der Waals surface area contributed by atoms with Crippen molar-refractivity contribution >= 4 is 17.7 Å². The van der Waals surface area contributed by atoms with Gasteiger partial charge in [-0.05, 0) is 12.5 Å². The van der Waals surface area contributed by atoms with Crippen LogP contribution in [0.25, 0.3) is 0 Å². The van der Waals surface area contributed by atoms with Crippen LogP contribution in [0, 0.1) is 11.3 Å². The van der Waals surface area contributed by atoms with E-state index in [0.717, 1.165) is 5.56 Å². The minimum absolute atomic E-state index is 0.0934. The van der Waals surface area contributed by atoms with Gasteiger partial charge in [0.1, 0.15) is 5.92 Å². The first kappa shape index (κ1) is 14.9. The zero-order valence-electron chi connectivity index (χ0n) is 11.5. The number of nitrogens with zero attached hydrogens (tertiary/aromatic N) is 2. The van der Waals surface area contributed by atoms with Crippen molar-refractivity contribution in [2.75, 3.05) is 25.5 Å². The zero-order chi connectivity index (χ0) is 14.4. The number of hydrogen-bond donors (Lipinski definition) is 0. The van der Waals surface area contributed by atoms with Gasteiger partial charge in [-0.3, -0.25) is 4.79 Å². The van der Waals surface area contributed by atoms with E-state index in [1.165, 1.54) is 0 Å². The molecule has 0 radical (unpaired) electrons. The molecule has 106 valence electrons. The molecule has 20 heavy (non-hydrogen) atoms. The molecular formula is C15H18N2O2S. The van der Waals surface area contributed by atoms with Gasteiger partial charge >= 0.3 is 0 Å². The van der Waals surface area contributed by atoms with E-state index in [9.17, 15) is 10.1 Å². The molecule has 0 aliphatic carbocycles. The predicted molar refractivity (Wildman–Crippen MR) is 79.2 cm³/mol. The molecule has 0 aromatic heterocycles. The molecular weight excluding hydrogens is 272 g/mol. The largest absolute Gasteiger partial charge is 0.380 e. The molecule has 4 nitrogen and oxygen atoms in total. The Morgan fingerprint density at radius 3 is 2.90 bits per heavy atom. The van der Waals surface area contributed by atoms with Gasteiger partial charge in [0.15, 0.2) is 0 Å². The summed E-state index contributed by atoms with van der Waals surface area (Å²) in [5.41, 5.74) is 0.962. The summed E-state index contributed by atoms with van der Waals surface area (Å²) in [5, 5.41) is 9.37. The molecule has 1 saturated heterocycles. The molecule has 1 aromatic rings. The number of hydrogen-bond acceptors (Lipinski definition) is 4. The van der Waals surface area contributed by atoms with Gasteiger partial charge in [-0.25, -0.2) is 0 Å². The fourth-order valence-electron chi connectivity index (χ4n) is 2.27. The molecule has 1 heterocycles. The third-order valence-corrected chi connectivity index (χ3v) is 4.55. The van der Waals surface area contributed by atoms with E-state index in [-0.39, 0.29) is 17.2 Å². The molecule has 2 atom stereocenters. The van der Waals surface area contributed by atoms with Crippen LogP contribution < -0.4 is 0 Å². The number of ether oxygens (including phenoxy) is 1. The van der Waals surface area contributed by atoms with E-state index < -0.39 is 0 Å². The summed E-state index contributed by atoms with van der Waals surface area (Å²) in [4.78, 5) is 13.7. The van der Waals surface area contributed by atoms with Crippen LogP contribution in [0.4, 0.5) is 0 Å².